The minimum absolute atomic E-state index is 0.123. The summed E-state index contributed by atoms with van der Waals surface area (Å²) in [7, 11) is 0. The van der Waals surface area contributed by atoms with E-state index in [-0.39, 0.29) is 5.92 Å². The van der Waals surface area contributed by atoms with Gasteiger partial charge in [-0.15, -0.1) is 0 Å². The van der Waals surface area contributed by atoms with Gasteiger partial charge < -0.3 is 9.84 Å². The fraction of sp³-hybridized carbons (Fsp3) is 0.900. The maximum absolute atomic E-state index is 11.3. The van der Waals surface area contributed by atoms with Crippen molar-refractivity contribution < 1.29 is 14.6 Å². The molecule has 0 heterocycles. The van der Waals surface area contributed by atoms with Crippen LogP contribution in [0.15, 0.2) is 0 Å². The Morgan fingerprint density at radius 2 is 2.08 bits per heavy atom. The smallest absolute Gasteiger partial charge is 0.338 e. The van der Waals surface area contributed by atoms with Crippen molar-refractivity contribution in [3.05, 3.63) is 0 Å². The molecule has 0 rings (SSSR count). The number of ether oxygens (including phenoxy) is 1. The van der Waals surface area contributed by atoms with Crippen LogP contribution in [-0.4, -0.2) is 23.3 Å². The first kappa shape index (κ1) is 12.4. The lowest BCUT2D eigenvalue weighted by atomic mass is 9.93. The SMILES string of the molecule is CCCCOC(=O)C(C)(O)C(C)C. The van der Waals surface area contributed by atoms with Gasteiger partial charge in [-0.1, -0.05) is 27.2 Å². The Balaban J connectivity index is 3.95. The number of hydrogen-bond donors (Lipinski definition) is 1. The highest BCUT2D eigenvalue weighted by Crippen LogP contribution is 2.17. The summed E-state index contributed by atoms with van der Waals surface area (Å²) in [5, 5.41) is 9.69. The number of carbonyl (C=O) groups excluding carboxylic acids is 1. The van der Waals surface area contributed by atoms with E-state index in [1.54, 1.807) is 13.8 Å². The molecular formula is C10H20O3. The maximum atomic E-state index is 11.3. The van der Waals surface area contributed by atoms with E-state index >= 15 is 0 Å². The van der Waals surface area contributed by atoms with Crippen molar-refractivity contribution in [2.24, 2.45) is 5.92 Å². The van der Waals surface area contributed by atoms with Crippen molar-refractivity contribution in [2.45, 2.75) is 46.1 Å². The Hall–Kier alpha value is -0.570. The first-order chi connectivity index (χ1) is 5.92. The Kier molecular flexibility index (Phi) is 4.99. The van der Waals surface area contributed by atoms with Gasteiger partial charge in [0, 0.05) is 0 Å². The van der Waals surface area contributed by atoms with E-state index in [0.29, 0.717) is 6.61 Å². The first-order valence-corrected chi connectivity index (χ1v) is 4.82. The minimum atomic E-state index is -1.35. The number of esters is 1. The number of carbonyl (C=O) groups is 1. The van der Waals surface area contributed by atoms with Gasteiger partial charge in [0.1, 0.15) is 0 Å². The van der Waals surface area contributed by atoms with Gasteiger partial charge in [-0.2, -0.15) is 0 Å². The Bertz CT molecular complexity index is 162. The highest BCUT2D eigenvalue weighted by atomic mass is 16.5. The lowest BCUT2D eigenvalue weighted by Gasteiger charge is -2.24. The summed E-state index contributed by atoms with van der Waals surface area (Å²) in [5.41, 5.74) is -1.35. The molecule has 1 N–H and O–H groups in total. The second-order valence-electron chi connectivity index (χ2n) is 3.79. The van der Waals surface area contributed by atoms with Crippen molar-refractivity contribution >= 4 is 5.97 Å². The molecule has 0 fully saturated rings. The fourth-order valence-electron chi connectivity index (χ4n) is 0.691. The molecule has 78 valence electrons. The third-order valence-electron chi connectivity index (χ3n) is 2.27. The van der Waals surface area contributed by atoms with E-state index in [1.165, 1.54) is 6.92 Å². The average Bonchev–Trinajstić information content (AvgIpc) is 2.04. The lowest BCUT2D eigenvalue weighted by Crippen LogP contribution is -2.42. The van der Waals surface area contributed by atoms with Crippen LogP contribution in [0, 0.1) is 5.92 Å². The van der Waals surface area contributed by atoms with E-state index in [1.807, 2.05) is 6.92 Å². The number of aliphatic hydroxyl groups is 1. The first-order valence-electron chi connectivity index (χ1n) is 4.82. The van der Waals surface area contributed by atoms with Gasteiger partial charge in [0.25, 0.3) is 0 Å². The zero-order chi connectivity index (χ0) is 10.5. The molecule has 0 aliphatic heterocycles. The topological polar surface area (TPSA) is 46.5 Å². The molecule has 0 saturated heterocycles. The summed E-state index contributed by atoms with van der Waals surface area (Å²) >= 11 is 0. The van der Waals surface area contributed by atoms with E-state index in [9.17, 15) is 9.90 Å². The molecule has 0 bridgehead atoms. The molecule has 3 nitrogen and oxygen atoms in total. The van der Waals surface area contributed by atoms with Crippen LogP contribution in [0.3, 0.4) is 0 Å². The van der Waals surface area contributed by atoms with E-state index in [2.05, 4.69) is 0 Å². The third kappa shape index (κ3) is 3.77. The lowest BCUT2D eigenvalue weighted by molar-refractivity contribution is -0.168. The summed E-state index contributed by atoms with van der Waals surface area (Å²) in [5.74, 6) is -0.641. The highest BCUT2D eigenvalue weighted by Gasteiger charge is 2.35. The van der Waals surface area contributed by atoms with Gasteiger partial charge in [-0.3, -0.25) is 0 Å². The van der Waals surface area contributed by atoms with Gasteiger partial charge in [-0.25, -0.2) is 4.79 Å². The Morgan fingerprint density at radius 1 is 1.54 bits per heavy atom. The fourth-order valence-corrected chi connectivity index (χ4v) is 0.691. The van der Waals surface area contributed by atoms with E-state index in [0.717, 1.165) is 12.8 Å². The Morgan fingerprint density at radius 3 is 2.46 bits per heavy atom. The molecule has 0 spiro atoms. The van der Waals surface area contributed by atoms with Gasteiger partial charge in [0.05, 0.1) is 6.61 Å². The normalized spacial score (nSPS) is 15.5. The van der Waals surface area contributed by atoms with Crippen molar-refractivity contribution in [1.29, 1.82) is 0 Å². The van der Waals surface area contributed by atoms with Crippen LogP contribution in [0.4, 0.5) is 0 Å². The quantitative estimate of drug-likeness (QED) is 0.528. The molecule has 0 aromatic heterocycles. The summed E-state index contributed by atoms with van der Waals surface area (Å²) in [6.45, 7) is 7.50. The zero-order valence-corrected chi connectivity index (χ0v) is 8.96. The molecule has 0 radical (unpaired) electrons. The maximum Gasteiger partial charge on any atom is 0.338 e. The molecular weight excluding hydrogens is 168 g/mol. The third-order valence-corrected chi connectivity index (χ3v) is 2.27. The molecule has 0 aliphatic carbocycles. The summed E-state index contributed by atoms with van der Waals surface area (Å²) in [6, 6.07) is 0. The van der Waals surface area contributed by atoms with Gasteiger partial charge in [-0.05, 0) is 19.3 Å². The monoisotopic (exact) mass is 188 g/mol. The van der Waals surface area contributed by atoms with Gasteiger partial charge in [0.15, 0.2) is 5.60 Å². The van der Waals surface area contributed by atoms with Crippen LogP contribution in [0.25, 0.3) is 0 Å². The van der Waals surface area contributed by atoms with Crippen LogP contribution in [0.2, 0.25) is 0 Å². The summed E-state index contributed by atoms with van der Waals surface area (Å²) < 4.78 is 4.92. The molecule has 3 heteroatoms. The van der Waals surface area contributed by atoms with Crippen LogP contribution in [-0.2, 0) is 9.53 Å². The largest absolute Gasteiger partial charge is 0.464 e. The van der Waals surface area contributed by atoms with Crippen LogP contribution < -0.4 is 0 Å². The second kappa shape index (κ2) is 5.22. The molecule has 0 aromatic carbocycles. The molecule has 1 atom stereocenters. The summed E-state index contributed by atoms with van der Waals surface area (Å²) in [6.07, 6.45) is 1.83. The van der Waals surface area contributed by atoms with Crippen molar-refractivity contribution in [2.75, 3.05) is 6.61 Å². The minimum Gasteiger partial charge on any atom is -0.464 e. The molecule has 0 saturated carbocycles. The standard InChI is InChI=1S/C10H20O3/c1-5-6-7-13-9(11)10(4,12)8(2)3/h8,12H,5-7H2,1-4H3. The second-order valence-corrected chi connectivity index (χ2v) is 3.79. The number of rotatable bonds is 5. The molecule has 0 aromatic rings. The molecule has 0 aliphatic rings. The highest BCUT2D eigenvalue weighted by molar-refractivity contribution is 5.79. The molecule has 0 amide bonds. The summed E-state index contributed by atoms with van der Waals surface area (Å²) in [4.78, 5) is 11.3. The predicted octanol–water partition coefficient (Wildman–Crippen LogP) is 1.74. The van der Waals surface area contributed by atoms with Crippen LogP contribution in [0.5, 0.6) is 0 Å². The van der Waals surface area contributed by atoms with Crippen molar-refractivity contribution in [3.8, 4) is 0 Å². The molecule has 1 unspecified atom stereocenters. The predicted molar refractivity (Wildman–Crippen MR) is 51.3 cm³/mol. The number of hydrogen-bond acceptors (Lipinski definition) is 3. The molecule has 13 heavy (non-hydrogen) atoms. The van der Waals surface area contributed by atoms with Gasteiger partial charge in [0.2, 0.25) is 0 Å². The number of unbranched alkanes of at least 4 members (excludes halogenated alkanes) is 1. The van der Waals surface area contributed by atoms with E-state index in [4.69, 9.17) is 4.74 Å². The van der Waals surface area contributed by atoms with Crippen molar-refractivity contribution in [3.63, 3.8) is 0 Å². The van der Waals surface area contributed by atoms with Crippen LogP contribution in [0.1, 0.15) is 40.5 Å². The van der Waals surface area contributed by atoms with Crippen LogP contribution >= 0.6 is 0 Å². The van der Waals surface area contributed by atoms with E-state index < -0.39 is 11.6 Å². The Labute approximate surface area is 80.1 Å². The average molecular weight is 188 g/mol. The zero-order valence-electron chi connectivity index (χ0n) is 8.96. The van der Waals surface area contributed by atoms with Gasteiger partial charge >= 0.3 is 5.97 Å². The van der Waals surface area contributed by atoms with Crippen molar-refractivity contribution in [1.82, 2.24) is 0 Å².